The minimum absolute atomic E-state index is 0.0619. The molecule has 0 aliphatic heterocycles. The van der Waals surface area contributed by atoms with Crippen LogP contribution in [0.1, 0.15) is 11.1 Å². The van der Waals surface area contributed by atoms with Gasteiger partial charge in [-0.3, -0.25) is 9.10 Å². The summed E-state index contributed by atoms with van der Waals surface area (Å²) in [7, 11) is -4.02. The zero-order valence-corrected chi connectivity index (χ0v) is 18.8. The first kappa shape index (κ1) is 22.8. The maximum atomic E-state index is 13.3. The molecule has 0 spiro atoms. The standard InChI is InChI=1S/C22H19Cl2N3O3S/c1-16-7-10-19(24)13-21(16)27(31(29,30)20-5-3-2-4-6-20)15-22(28)26-25-14-17-8-11-18(23)12-9-17/h2-14H,15H2,1H3,(H,26,28)/b25-14-. The molecule has 9 heteroatoms. The Hall–Kier alpha value is -2.87. The second kappa shape index (κ2) is 9.96. The minimum atomic E-state index is -4.02. The number of aryl methyl sites for hydroxylation is 1. The molecule has 3 rings (SSSR count). The third kappa shape index (κ3) is 5.85. The minimum Gasteiger partial charge on any atom is -0.271 e. The molecule has 0 bridgehead atoms. The summed E-state index contributed by atoms with van der Waals surface area (Å²) in [4.78, 5) is 12.6. The number of rotatable bonds is 7. The number of carbonyl (C=O) groups excluding carboxylic acids is 1. The van der Waals surface area contributed by atoms with Crippen LogP contribution in [0.3, 0.4) is 0 Å². The Morgan fingerprint density at radius 2 is 1.65 bits per heavy atom. The summed E-state index contributed by atoms with van der Waals surface area (Å²) in [5, 5.41) is 4.84. The van der Waals surface area contributed by atoms with Crippen molar-refractivity contribution in [2.75, 3.05) is 10.8 Å². The van der Waals surface area contributed by atoms with Crippen molar-refractivity contribution in [3.05, 3.63) is 94.0 Å². The summed E-state index contributed by atoms with van der Waals surface area (Å²) in [6, 6.07) is 19.6. The summed E-state index contributed by atoms with van der Waals surface area (Å²) in [6.07, 6.45) is 1.44. The Bertz CT molecular complexity index is 1200. The zero-order chi connectivity index (χ0) is 22.4. The second-order valence-corrected chi connectivity index (χ2v) is 9.34. The largest absolute Gasteiger partial charge is 0.271 e. The predicted molar refractivity (Wildman–Crippen MR) is 124 cm³/mol. The summed E-state index contributed by atoms with van der Waals surface area (Å²) in [5.41, 5.74) is 4.06. The van der Waals surface area contributed by atoms with Crippen molar-refractivity contribution in [1.82, 2.24) is 5.43 Å². The van der Waals surface area contributed by atoms with Gasteiger partial charge in [-0.2, -0.15) is 5.10 Å². The van der Waals surface area contributed by atoms with Crippen LogP contribution in [0.25, 0.3) is 0 Å². The first-order valence-corrected chi connectivity index (χ1v) is 11.4. The van der Waals surface area contributed by atoms with E-state index < -0.39 is 22.5 Å². The number of hydrogen-bond donors (Lipinski definition) is 1. The number of hydrogen-bond acceptors (Lipinski definition) is 4. The quantitative estimate of drug-likeness (QED) is 0.399. The van der Waals surface area contributed by atoms with Crippen LogP contribution in [-0.2, 0) is 14.8 Å². The number of nitrogens with one attached hydrogen (secondary N) is 1. The molecule has 0 heterocycles. The van der Waals surface area contributed by atoms with E-state index in [9.17, 15) is 13.2 Å². The first-order valence-electron chi connectivity index (χ1n) is 9.19. The molecule has 160 valence electrons. The molecule has 6 nitrogen and oxygen atoms in total. The number of benzene rings is 3. The molecule has 0 radical (unpaired) electrons. The summed E-state index contributed by atoms with van der Waals surface area (Å²) >= 11 is 11.9. The lowest BCUT2D eigenvalue weighted by atomic mass is 10.2. The molecule has 3 aromatic carbocycles. The highest BCUT2D eigenvalue weighted by Gasteiger charge is 2.28. The second-order valence-electron chi connectivity index (χ2n) is 6.60. The summed E-state index contributed by atoms with van der Waals surface area (Å²) in [5.74, 6) is -0.607. The van der Waals surface area contributed by atoms with Crippen molar-refractivity contribution in [2.45, 2.75) is 11.8 Å². The fraction of sp³-hybridized carbons (Fsp3) is 0.0909. The van der Waals surface area contributed by atoms with E-state index in [1.807, 2.05) is 0 Å². The number of nitrogens with zero attached hydrogens (tertiary/aromatic N) is 2. The molecule has 0 saturated heterocycles. The number of sulfonamides is 1. The van der Waals surface area contributed by atoms with E-state index in [1.165, 1.54) is 24.4 Å². The lowest BCUT2D eigenvalue weighted by Crippen LogP contribution is -2.40. The van der Waals surface area contributed by atoms with Gasteiger partial charge in [0.2, 0.25) is 0 Å². The van der Waals surface area contributed by atoms with Crippen molar-refractivity contribution in [2.24, 2.45) is 5.10 Å². The number of hydrazone groups is 1. The van der Waals surface area contributed by atoms with Crippen LogP contribution in [0.2, 0.25) is 10.0 Å². The molecule has 0 unspecified atom stereocenters. The van der Waals surface area contributed by atoms with E-state index in [0.29, 0.717) is 21.3 Å². The average molecular weight is 476 g/mol. The van der Waals surface area contributed by atoms with E-state index >= 15 is 0 Å². The molecule has 0 aliphatic rings. The van der Waals surface area contributed by atoms with E-state index in [0.717, 1.165) is 9.87 Å². The molecule has 0 aromatic heterocycles. The number of halogens is 2. The Balaban J connectivity index is 1.87. The Morgan fingerprint density at radius 1 is 1.00 bits per heavy atom. The molecular weight excluding hydrogens is 457 g/mol. The van der Waals surface area contributed by atoms with Gasteiger partial charge in [-0.1, -0.05) is 59.6 Å². The molecule has 3 aromatic rings. The highest BCUT2D eigenvalue weighted by atomic mass is 35.5. The third-order valence-corrected chi connectivity index (χ3v) is 6.59. The van der Waals surface area contributed by atoms with E-state index in [4.69, 9.17) is 23.2 Å². The van der Waals surface area contributed by atoms with E-state index in [1.54, 1.807) is 61.5 Å². The molecule has 0 atom stereocenters. The first-order chi connectivity index (χ1) is 14.8. The van der Waals surface area contributed by atoms with E-state index in [-0.39, 0.29) is 4.90 Å². The molecule has 0 aliphatic carbocycles. The maximum Gasteiger partial charge on any atom is 0.264 e. The van der Waals surface area contributed by atoms with Gasteiger partial charge in [-0.25, -0.2) is 13.8 Å². The molecular formula is C22H19Cl2N3O3S. The average Bonchev–Trinajstić information content (AvgIpc) is 2.76. The van der Waals surface area contributed by atoms with Crippen LogP contribution in [0.5, 0.6) is 0 Å². The van der Waals surface area contributed by atoms with E-state index in [2.05, 4.69) is 10.5 Å². The number of carbonyl (C=O) groups is 1. The van der Waals surface area contributed by atoms with Crippen LogP contribution >= 0.6 is 23.2 Å². The molecule has 0 fully saturated rings. The molecule has 1 N–H and O–H groups in total. The van der Waals surface area contributed by atoms with Gasteiger partial charge in [-0.15, -0.1) is 0 Å². The molecule has 1 amide bonds. The van der Waals surface area contributed by atoms with Gasteiger partial charge in [0.15, 0.2) is 0 Å². The monoisotopic (exact) mass is 475 g/mol. The molecule has 31 heavy (non-hydrogen) atoms. The lowest BCUT2D eigenvalue weighted by Gasteiger charge is -2.25. The van der Waals surface area contributed by atoms with Crippen molar-refractivity contribution in [3.8, 4) is 0 Å². The Morgan fingerprint density at radius 3 is 2.32 bits per heavy atom. The third-order valence-electron chi connectivity index (χ3n) is 4.33. The highest BCUT2D eigenvalue weighted by molar-refractivity contribution is 7.92. The van der Waals surface area contributed by atoms with Gasteiger partial charge in [-0.05, 0) is 54.4 Å². The van der Waals surface area contributed by atoms with Gasteiger partial charge >= 0.3 is 0 Å². The predicted octanol–water partition coefficient (Wildman–Crippen LogP) is 4.65. The lowest BCUT2D eigenvalue weighted by molar-refractivity contribution is -0.119. The zero-order valence-electron chi connectivity index (χ0n) is 16.5. The number of anilines is 1. The molecule has 0 saturated carbocycles. The normalized spacial score (nSPS) is 11.5. The van der Waals surface area contributed by atoms with Crippen LogP contribution in [0.15, 0.2) is 82.8 Å². The summed E-state index contributed by atoms with van der Waals surface area (Å²) < 4.78 is 27.6. The van der Waals surface area contributed by atoms with Crippen molar-refractivity contribution >= 4 is 51.0 Å². The number of amides is 1. The summed E-state index contributed by atoms with van der Waals surface area (Å²) in [6.45, 7) is 1.27. The van der Waals surface area contributed by atoms with Crippen LogP contribution in [-0.4, -0.2) is 27.1 Å². The van der Waals surface area contributed by atoms with Gasteiger partial charge in [0.1, 0.15) is 6.54 Å². The van der Waals surface area contributed by atoms with Gasteiger partial charge < -0.3 is 0 Å². The van der Waals surface area contributed by atoms with Gasteiger partial charge in [0.25, 0.3) is 15.9 Å². The SMILES string of the molecule is Cc1ccc(Cl)cc1N(CC(=O)N/N=C\c1ccc(Cl)cc1)S(=O)(=O)c1ccccc1. The van der Waals surface area contributed by atoms with Gasteiger partial charge in [0.05, 0.1) is 16.8 Å². The van der Waals surface area contributed by atoms with Crippen molar-refractivity contribution in [1.29, 1.82) is 0 Å². The fourth-order valence-corrected chi connectivity index (χ4v) is 4.55. The highest BCUT2D eigenvalue weighted by Crippen LogP contribution is 2.29. The van der Waals surface area contributed by atoms with Crippen LogP contribution in [0, 0.1) is 6.92 Å². The fourth-order valence-electron chi connectivity index (χ4n) is 2.76. The van der Waals surface area contributed by atoms with Gasteiger partial charge in [0, 0.05) is 10.0 Å². The van der Waals surface area contributed by atoms with Crippen molar-refractivity contribution < 1.29 is 13.2 Å². The Labute approximate surface area is 191 Å². The van der Waals surface area contributed by atoms with Crippen molar-refractivity contribution in [3.63, 3.8) is 0 Å². The topological polar surface area (TPSA) is 78.8 Å². The smallest absolute Gasteiger partial charge is 0.264 e. The van der Waals surface area contributed by atoms with Crippen LogP contribution < -0.4 is 9.73 Å². The van der Waals surface area contributed by atoms with Crippen LogP contribution in [0.4, 0.5) is 5.69 Å². The Kier molecular flexibility index (Phi) is 7.33. The maximum absolute atomic E-state index is 13.3.